The van der Waals surface area contributed by atoms with Crippen molar-refractivity contribution in [3.8, 4) is 0 Å². The lowest BCUT2D eigenvalue weighted by Crippen LogP contribution is -2.35. The molecule has 124 valence electrons. The molecule has 0 aliphatic heterocycles. The van der Waals surface area contributed by atoms with Gasteiger partial charge in [-0.1, -0.05) is 24.3 Å². The first-order chi connectivity index (χ1) is 11.7. The minimum Gasteiger partial charge on any atom is -0.354 e. The fourth-order valence-corrected chi connectivity index (χ4v) is 3.13. The molecule has 5 heteroatoms. The van der Waals surface area contributed by atoms with Gasteiger partial charge in [0.25, 0.3) is 5.91 Å². The minimum atomic E-state index is -0.179. The summed E-state index contributed by atoms with van der Waals surface area (Å²) in [7, 11) is 0. The van der Waals surface area contributed by atoms with Crippen LogP contribution in [0.5, 0.6) is 0 Å². The number of hydrogen-bond acceptors (Lipinski definition) is 3. The molecule has 1 aliphatic carbocycles. The highest BCUT2D eigenvalue weighted by atomic mass is 16.2. The fraction of sp³-hybridized carbons (Fsp3) is 0.316. The van der Waals surface area contributed by atoms with Gasteiger partial charge < -0.3 is 10.6 Å². The number of fused-ring (bicyclic) bond motifs is 1. The van der Waals surface area contributed by atoms with Gasteiger partial charge in [-0.3, -0.25) is 14.6 Å². The maximum atomic E-state index is 12.1. The predicted octanol–water partition coefficient (Wildman–Crippen LogP) is 2.05. The van der Waals surface area contributed by atoms with E-state index in [1.165, 1.54) is 17.3 Å². The number of rotatable bonds is 6. The van der Waals surface area contributed by atoms with Crippen LogP contribution in [-0.2, 0) is 11.2 Å². The lowest BCUT2D eigenvalue weighted by Gasteiger charge is -2.12. The summed E-state index contributed by atoms with van der Waals surface area (Å²) in [5, 5.41) is 5.65. The van der Waals surface area contributed by atoms with Gasteiger partial charge in [-0.05, 0) is 42.0 Å². The van der Waals surface area contributed by atoms with Crippen LogP contribution in [-0.4, -0.2) is 29.9 Å². The van der Waals surface area contributed by atoms with E-state index in [-0.39, 0.29) is 11.8 Å². The molecule has 0 unspecified atom stereocenters. The smallest absolute Gasteiger partial charge is 0.252 e. The Labute approximate surface area is 141 Å². The van der Waals surface area contributed by atoms with E-state index in [2.05, 4.69) is 27.8 Å². The Hall–Kier alpha value is -2.69. The summed E-state index contributed by atoms with van der Waals surface area (Å²) < 4.78 is 0. The zero-order chi connectivity index (χ0) is 16.8. The third-order valence-electron chi connectivity index (χ3n) is 4.35. The summed E-state index contributed by atoms with van der Waals surface area (Å²) in [4.78, 5) is 27.8. The van der Waals surface area contributed by atoms with Gasteiger partial charge in [0.1, 0.15) is 0 Å². The van der Waals surface area contributed by atoms with Gasteiger partial charge in [0.05, 0.1) is 5.56 Å². The number of carbonyl (C=O) groups excluding carboxylic acids is 2. The van der Waals surface area contributed by atoms with E-state index in [0.29, 0.717) is 31.0 Å². The molecule has 1 aromatic heterocycles. The minimum absolute atomic E-state index is 0.0346. The van der Waals surface area contributed by atoms with Crippen molar-refractivity contribution in [2.45, 2.75) is 25.2 Å². The second-order valence-corrected chi connectivity index (χ2v) is 5.99. The highest BCUT2D eigenvalue weighted by Gasteiger charge is 2.23. The molecular formula is C19H21N3O2. The van der Waals surface area contributed by atoms with E-state index in [1.54, 1.807) is 18.3 Å². The SMILES string of the molecule is O=C(C[C@H]1CCc2ccccc21)NCCNC(=O)c1cccnc1. The normalized spacial score (nSPS) is 15.6. The van der Waals surface area contributed by atoms with Crippen molar-refractivity contribution in [1.29, 1.82) is 0 Å². The zero-order valence-corrected chi connectivity index (χ0v) is 13.5. The molecule has 0 saturated heterocycles. The number of aromatic nitrogens is 1. The first-order valence-electron chi connectivity index (χ1n) is 8.27. The highest BCUT2D eigenvalue weighted by molar-refractivity contribution is 5.93. The van der Waals surface area contributed by atoms with Crippen molar-refractivity contribution in [2.75, 3.05) is 13.1 Å². The van der Waals surface area contributed by atoms with E-state index in [0.717, 1.165) is 12.8 Å². The summed E-state index contributed by atoms with van der Waals surface area (Å²) in [6, 6.07) is 11.8. The van der Waals surface area contributed by atoms with Crippen LogP contribution in [0.1, 0.15) is 40.2 Å². The second kappa shape index (κ2) is 7.73. The van der Waals surface area contributed by atoms with Crippen LogP contribution >= 0.6 is 0 Å². The van der Waals surface area contributed by atoms with Gasteiger partial charge in [0.2, 0.25) is 5.91 Å². The maximum Gasteiger partial charge on any atom is 0.252 e. The Morgan fingerprint density at radius 2 is 1.92 bits per heavy atom. The molecular weight excluding hydrogens is 302 g/mol. The Morgan fingerprint density at radius 1 is 1.08 bits per heavy atom. The Kier molecular flexibility index (Phi) is 5.21. The van der Waals surface area contributed by atoms with Gasteiger partial charge in [0, 0.05) is 31.9 Å². The molecule has 1 atom stereocenters. The van der Waals surface area contributed by atoms with Crippen LogP contribution in [0.4, 0.5) is 0 Å². The van der Waals surface area contributed by atoms with E-state index < -0.39 is 0 Å². The lowest BCUT2D eigenvalue weighted by molar-refractivity contribution is -0.121. The largest absolute Gasteiger partial charge is 0.354 e. The third-order valence-corrected chi connectivity index (χ3v) is 4.35. The number of aryl methyl sites for hydroxylation is 1. The van der Waals surface area contributed by atoms with Crippen molar-refractivity contribution in [3.63, 3.8) is 0 Å². The maximum absolute atomic E-state index is 12.1. The van der Waals surface area contributed by atoms with Crippen molar-refractivity contribution >= 4 is 11.8 Å². The molecule has 1 heterocycles. The number of nitrogens with one attached hydrogen (secondary N) is 2. The summed E-state index contributed by atoms with van der Waals surface area (Å²) in [5.74, 6) is 0.167. The van der Waals surface area contributed by atoms with Crippen molar-refractivity contribution in [3.05, 3.63) is 65.5 Å². The molecule has 0 bridgehead atoms. The lowest BCUT2D eigenvalue weighted by atomic mass is 9.97. The van der Waals surface area contributed by atoms with Crippen molar-refractivity contribution in [1.82, 2.24) is 15.6 Å². The number of hydrogen-bond donors (Lipinski definition) is 2. The van der Waals surface area contributed by atoms with Gasteiger partial charge in [0.15, 0.2) is 0 Å². The Balaban J connectivity index is 1.39. The number of benzene rings is 1. The van der Waals surface area contributed by atoms with E-state index in [9.17, 15) is 9.59 Å². The molecule has 2 N–H and O–H groups in total. The monoisotopic (exact) mass is 323 g/mol. The van der Waals surface area contributed by atoms with Crippen LogP contribution in [0.15, 0.2) is 48.8 Å². The molecule has 1 aliphatic rings. The van der Waals surface area contributed by atoms with Gasteiger partial charge in [-0.25, -0.2) is 0 Å². The van der Waals surface area contributed by atoms with E-state index >= 15 is 0 Å². The van der Waals surface area contributed by atoms with Crippen LogP contribution < -0.4 is 10.6 Å². The first-order valence-corrected chi connectivity index (χ1v) is 8.27. The topological polar surface area (TPSA) is 71.1 Å². The molecule has 1 aromatic carbocycles. The summed E-state index contributed by atoms with van der Waals surface area (Å²) in [5.41, 5.74) is 3.18. The van der Waals surface area contributed by atoms with Crippen LogP contribution in [0.25, 0.3) is 0 Å². The molecule has 2 amide bonds. The zero-order valence-electron chi connectivity index (χ0n) is 13.5. The van der Waals surface area contributed by atoms with Gasteiger partial charge in [-0.15, -0.1) is 0 Å². The van der Waals surface area contributed by atoms with Crippen molar-refractivity contribution < 1.29 is 9.59 Å². The average Bonchev–Trinajstić information content (AvgIpc) is 3.02. The molecule has 0 fully saturated rings. The third kappa shape index (κ3) is 3.98. The molecule has 0 radical (unpaired) electrons. The second-order valence-electron chi connectivity index (χ2n) is 5.99. The molecule has 3 rings (SSSR count). The van der Waals surface area contributed by atoms with E-state index in [4.69, 9.17) is 0 Å². The standard InChI is InChI=1S/C19H21N3O2/c23-18(12-15-8-7-14-4-1-2-6-17(14)15)21-10-11-22-19(24)16-5-3-9-20-13-16/h1-6,9,13,15H,7-8,10-12H2,(H,21,23)(H,22,24)/t15-/m1/s1. The Morgan fingerprint density at radius 3 is 2.75 bits per heavy atom. The predicted molar refractivity (Wildman–Crippen MR) is 91.7 cm³/mol. The number of carbonyl (C=O) groups is 2. The number of amides is 2. The van der Waals surface area contributed by atoms with Crippen LogP contribution in [0, 0.1) is 0 Å². The summed E-state index contributed by atoms with van der Waals surface area (Å²) >= 11 is 0. The Bertz CT molecular complexity index is 716. The molecule has 2 aromatic rings. The van der Waals surface area contributed by atoms with Gasteiger partial charge >= 0.3 is 0 Å². The quantitative estimate of drug-likeness (QED) is 0.799. The number of pyridine rings is 1. The molecule has 0 spiro atoms. The average molecular weight is 323 g/mol. The van der Waals surface area contributed by atoms with Crippen LogP contribution in [0.3, 0.4) is 0 Å². The summed E-state index contributed by atoms with van der Waals surface area (Å²) in [6.07, 6.45) is 5.73. The first kappa shape index (κ1) is 16.2. The highest BCUT2D eigenvalue weighted by Crippen LogP contribution is 2.34. The van der Waals surface area contributed by atoms with Crippen molar-refractivity contribution in [2.24, 2.45) is 0 Å². The molecule has 0 saturated carbocycles. The van der Waals surface area contributed by atoms with Crippen LogP contribution in [0.2, 0.25) is 0 Å². The fourth-order valence-electron chi connectivity index (χ4n) is 3.13. The summed E-state index contributed by atoms with van der Waals surface area (Å²) in [6.45, 7) is 0.833. The molecule has 5 nitrogen and oxygen atoms in total. The molecule has 24 heavy (non-hydrogen) atoms. The number of nitrogens with zero attached hydrogens (tertiary/aromatic N) is 1. The van der Waals surface area contributed by atoms with Gasteiger partial charge in [-0.2, -0.15) is 0 Å². The van der Waals surface area contributed by atoms with E-state index in [1.807, 2.05) is 12.1 Å².